The Morgan fingerprint density at radius 1 is 1.27 bits per heavy atom. The van der Waals surface area contributed by atoms with E-state index in [2.05, 4.69) is 38.8 Å². The van der Waals surface area contributed by atoms with Crippen LogP contribution in [0, 0.1) is 0 Å². The molecule has 0 aliphatic rings. The molecule has 0 heterocycles. The second-order valence-corrected chi connectivity index (χ2v) is 8.58. The van der Waals surface area contributed by atoms with Gasteiger partial charge in [0.15, 0.2) is 8.32 Å². The highest BCUT2D eigenvalue weighted by atomic mass is 28.4. The molecule has 0 aromatic heterocycles. The van der Waals surface area contributed by atoms with Crippen molar-refractivity contribution in [2.45, 2.75) is 39.5 Å². The zero-order chi connectivity index (χ0) is 8.91. The van der Waals surface area contributed by atoms with Crippen LogP contribution in [0.2, 0.25) is 19.6 Å². The Morgan fingerprint density at radius 3 is 2.18 bits per heavy atom. The first-order valence-electron chi connectivity index (χ1n) is 4.29. The highest BCUT2D eigenvalue weighted by Gasteiger charge is 2.12. The van der Waals surface area contributed by atoms with Gasteiger partial charge in [-0.2, -0.15) is 0 Å². The maximum absolute atomic E-state index is 5.66. The summed E-state index contributed by atoms with van der Waals surface area (Å²) in [4.78, 5) is 0. The number of hydrogen-bond acceptors (Lipinski definition) is 2. The van der Waals surface area contributed by atoms with Crippen LogP contribution in [0.4, 0.5) is 0 Å². The van der Waals surface area contributed by atoms with Gasteiger partial charge < -0.3 is 9.74 Å². The summed E-state index contributed by atoms with van der Waals surface area (Å²) in [6.07, 6.45) is 0. The van der Waals surface area contributed by atoms with E-state index in [0.29, 0.717) is 6.04 Å². The zero-order valence-electron chi connectivity index (χ0n) is 8.40. The van der Waals surface area contributed by atoms with Gasteiger partial charge in [-0.3, -0.25) is 0 Å². The van der Waals surface area contributed by atoms with Crippen LogP contribution in [0.3, 0.4) is 0 Å². The van der Waals surface area contributed by atoms with Gasteiger partial charge in [0.1, 0.15) is 0 Å². The van der Waals surface area contributed by atoms with E-state index in [0.717, 1.165) is 13.2 Å². The first kappa shape index (κ1) is 11.1. The van der Waals surface area contributed by atoms with Crippen molar-refractivity contribution in [1.82, 2.24) is 5.32 Å². The van der Waals surface area contributed by atoms with Crippen molar-refractivity contribution >= 4 is 8.32 Å². The molecule has 11 heavy (non-hydrogen) atoms. The molecule has 0 aromatic rings. The molecular weight excluding hydrogens is 154 g/mol. The summed E-state index contributed by atoms with van der Waals surface area (Å²) in [5, 5.41) is 3.32. The van der Waals surface area contributed by atoms with Gasteiger partial charge in [-0.05, 0) is 19.6 Å². The van der Waals surface area contributed by atoms with E-state index in [1.54, 1.807) is 0 Å². The van der Waals surface area contributed by atoms with Crippen LogP contribution in [-0.4, -0.2) is 27.5 Å². The Balaban J connectivity index is 3.15. The van der Waals surface area contributed by atoms with Gasteiger partial charge in [0.2, 0.25) is 0 Å². The van der Waals surface area contributed by atoms with Crippen LogP contribution < -0.4 is 5.32 Å². The summed E-state index contributed by atoms with van der Waals surface area (Å²) in [7, 11) is -1.27. The quantitative estimate of drug-likeness (QED) is 0.508. The van der Waals surface area contributed by atoms with Gasteiger partial charge in [0.25, 0.3) is 0 Å². The summed E-state index contributed by atoms with van der Waals surface area (Å²) in [6, 6.07) is 0.570. The van der Waals surface area contributed by atoms with Crippen LogP contribution in [-0.2, 0) is 4.43 Å². The molecule has 1 N–H and O–H groups in total. The lowest BCUT2D eigenvalue weighted by Gasteiger charge is -2.17. The monoisotopic (exact) mass is 175 g/mol. The van der Waals surface area contributed by atoms with Gasteiger partial charge in [-0.25, -0.2) is 0 Å². The van der Waals surface area contributed by atoms with E-state index in [1.165, 1.54) is 0 Å². The Hall–Kier alpha value is 0.137. The number of rotatable bonds is 5. The van der Waals surface area contributed by atoms with Crippen molar-refractivity contribution in [2.75, 3.05) is 13.2 Å². The Bertz CT molecular complexity index is 98.8. The van der Waals surface area contributed by atoms with E-state index in [4.69, 9.17) is 4.43 Å². The molecule has 0 atom stereocenters. The van der Waals surface area contributed by atoms with Gasteiger partial charge in [-0.15, -0.1) is 0 Å². The number of nitrogens with one attached hydrogen (secondary N) is 1. The lowest BCUT2D eigenvalue weighted by molar-refractivity contribution is 0.303. The summed E-state index contributed by atoms with van der Waals surface area (Å²) in [6.45, 7) is 12.8. The molecule has 0 spiro atoms. The maximum atomic E-state index is 5.66. The molecule has 0 aliphatic carbocycles. The molecule has 0 saturated heterocycles. The third-order valence-corrected chi connectivity index (χ3v) is 2.26. The second kappa shape index (κ2) is 4.90. The van der Waals surface area contributed by atoms with Crippen molar-refractivity contribution in [3.63, 3.8) is 0 Å². The molecule has 68 valence electrons. The van der Waals surface area contributed by atoms with Crippen LogP contribution in [0.15, 0.2) is 0 Å². The third kappa shape index (κ3) is 10.1. The molecular formula is C8H21NOSi. The molecule has 0 fully saturated rings. The maximum Gasteiger partial charge on any atom is 0.183 e. The topological polar surface area (TPSA) is 21.3 Å². The lowest BCUT2D eigenvalue weighted by Crippen LogP contribution is -2.32. The summed E-state index contributed by atoms with van der Waals surface area (Å²) in [5.74, 6) is 0. The average Bonchev–Trinajstić information content (AvgIpc) is 1.78. The van der Waals surface area contributed by atoms with Gasteiger partial charge >= 0.3 is 0 Å². The predicted molar refractivity (Wildman–Crippen MR) is 52.4 cm³/mol. The normalized spacial score (nSPS) is 12.5. The van der Waals surface area contributed by atoms with E-state index in [1.807, 2.05) is 0 Å². The van der Waals surface area contributed by atoms with Gasteiger partial charge in [0.05, 0.1) is 0 Å². The summed E-state index contributed by atoms with van der Waals surface area (Å²) >= 11 is 0. The predicted octanol–water partition coefficient (Wildman–Crippen LogP) is 1.84. The number of hydrogen-bond donors (Lipinski definition) is 1. The smallest absolute Gasteiger partial charge is 0.183 e. The SMILES string of the molecule is CC(C)NCCO[Si](C)(C)C. The third-order valence-electron chi connectivity index (χ3n) is 1.19. The van der Waals surface area contributed by atoms with Crippen LogP contribution in [0.5, 0.6) is 0 Å². The van der Waals surface area contributed by atoms with Gasteiger partial charge in [-0.1, -0.05) is 13.8 Å². The zero-order valence-corrected chi connectivity index (χ0v) is 9.40. The molecule has 0 radical (unpaired) electrons. The van der Waals surface area contributed by atoms with Crippen molar-refractivity contribution in [2.24, 2.45) is 0 Å². The lowest BCUT2D eigenvalue weighted by atomic mass is 10.4. The van der Waals surface area contributed by atoms with Crippen LogP contribution in [0.25, 0.3) is 0 Å². The summed E-state index contributed by atoms with van der Waals surface area (Å²) < 4.78 is 5.66. The largest absolute Gasteiger partial charge is 0.416 e. The van der Waals surface area contributed by atoms with E-state index in [9.17, 15) is 0 Å². The molecule has 3 heteroatoms. The Kier molecular flexibility index (Phi) is 4.96. The van der Waals surface area contributed by atoms with E-state index >= 15 is 0 Å². The molecule has 0 amide bonds. The van der Waals surface area contributed by atoms with Crippen LogP contribution >= 0.6 is 0 Å². The molecule has 0 aromatic carbocycles. The van der Waals surface area contributed by atoms with Crippen molar-refractivity contribution < 1.29 is 4.43 Å². The van der Waals surface area contributed by atoms with Gasteiger partial charge in [0, 0.05) is 19.2 Å². The van der Waals surface area contributed by atoms with Crippen LogP contribution in [0.1, 0.15) is 13.8 Å². The molecule has 0 unspecified atom stereocenters. The van der Waals surface area contributed by atoms with Crippen molar-refractivity contribution in [1.29, 1.82) is 0 Å². The minimum atomic E-state index is -1.27. The van der Waals surface area contributed by atoms with E-state index in [-0.39, 0.29) is 0 Å². The average molecular weight is 175 g/mol. The fraction of sp³-hybridized carbons (Fsp3) is 1.00. The Morgan fingerprint density at radius 2 is 1.82 bits per heavy atom. The van der Waals surface area contributed by atoms with Crippen molar-refractivity contribution in [3.05, 3.63) is 0 Å². The molecule has 0 saturated carbocycles. The fourth-order valence-corrected chi connectivity index (χ4v) is 1.42. The van der Waals surface area contributed by atoms with Crippen molar-refractivity contribution in [3.8, 4) is 0 Å². The standard InChI is InChI=1S/C8H21NOSi/c1-8(2)9-6-7-10-11(3,4)5/h8-9H,6-7H2,1-5H3. The second-order valence-electron chi connectivity index (χ2n) is 4.07. The molecule has 0 bridgehead atoms. The fourth-order valence-electron chi connectivity index (χ4n) is 0.705. The molecule has 2 nitrogen and oxygen atoms in total. The minimum Gasteiger partial charge on any atom is -0.416 e. The molecule has 0 aliphatic heterocycles. The highest BCUT2D eigenvalue weighted by Crippen LogP contribution is 2.00. The first-order chi connectivity index (χ1) is 4.92. The molecule has 0 rings (SSSR count). The Labute approximate surface area is 71.5 Å². The summed E-state index contributed by atoms with van der Waals surface area (Å²) in [5.41, 5.74) is 0. The minimum absolute atomic E-state index is 0.570. The highest BCUT2D eigenvalue weighted by molar-refractivity contribution is 6.69. The van der Waals surface area contributed by atoms with E-state index < -0.39 is 8.32 Å². The first-order valence-corrected chi connectivity index (χ1v) is 7.70.